The van der Waals surface area contributed by atoms with Crippen LogP contribution in [0.5, 0.6) is 5.75 Å². The van der Waals surface area contributed by atoms with Gasteiger partial charge in [-0.25, -0.2) is 4.98 Å². The summed E-state index contributed by atoms with van der Waals surface area (Å²) >= 11 is 0. The summed E-state index contributed by atoms with van der Waals surface area (Å²) in [7, 11) is 1.65. The van der Waals surface area contributed by atoms with E-state index in [1.807, 2.05) is 85.8 Å². The number of carbonyl (C=O) groups excluding carboxylic acids is 1. The maximum Gasteiger partial charge on any atom is 0.209 e. The van der Waals surface area contributed by atoms with Crippen molar-refractivity contribution in [1.29, 1.82) is 0 Å². The Morgan fingerprint density at radius 3 is 2.57 bits per heavy atom. The smallest absolute Gasteiger partial charge is 0.209 e. The van der Waals surface area contributed by atoms with Crippen molar-refractivity contribution in [3.05, 3.63) is 101 Å². The summed E-state index contributed by atoms with van der Waals surface area (Å²) in [5.41, 5.74) is 4.99. The van der Waals surface area contributed by atoms with Crippen LogP contribution in [0.15, 0.2) is 90.1 Å². The molecule has 0 bridgehead atoms. The second-order valence-corrected chi connectivity index (χ2v) is 7.33. The Morgan fingerprint density at radius 2 is 1.77 bits per heavy atom. The van der Waals surface area contributed by atoms with E-state index in [9.17, 15) is 4.79 Å². The van der Waals surface area contributed by atoms with Gasteiger partial charge >= 0.3 is 0 Å². The van der Waals surface area contributed by atoms with E-state index in [0.717, 1.165) is 34.0 Å². The van der Waals surface area contributed by atoms with Gasteiger partial charge in [0, 0.05) is 16.8 Å². The second-order valence-electron chi connectivity index (χ2n) is 7.33. The van der Waals surface area contributed by atoms with Gasteiger partial charge in [0.1, 0.15) is 5.75 Å². The van der Waals surface area contributed by atoms with Crippen LogP contribution in [0.3, 0.4) is 0 Å². The molecule has 4 aromatic rings. The lowest BCUT2D eigenvalue weighted by Gasteiger charge is -2.31. The van der Waals surface area contributed by atoms with Crippen LogP contribution in [0.25, 0.3) is 11.0 Å². The molecular weight excluding hydrogens is 374 g/mol. The Kier molecular flexibility index (Phi) is 4.36. The van der Waals surface area contributed by atoms with Gasteiger partial charge in [0.2, 0.25) is 5.95 Å². The quantitative estimate of drug-likeness (QED) is 0.482. The Morgan fingerprint density at radius 1 is 1.00 bits per heavy atom. The van der Waals surface area contributed by atoms with Crippen LogP contribution in [0.2, 0.25) is 0 Å². The number of hydrogen-bond acceptors (Lipinski definition) is 4. The number of Topliss-reactive ketones (excluding diaryl/α,β-unsaturated/α-hetero) is 1. The summed E-state index contributed by atoms with van der Waals surface area (Å²) < 4.78 is 7.57. The van der Waals surface area contributed by atoms with Gasteiger partial charge in [-0.2, -0.15) is 0 Å². The van der Waals surface area contributed by atoms with Crippen LogP contribution < -0.4 is 10.1 Å². The lowest BCUT2D eigenvalue weighted by molar-refractivity contribution is 0.102. The number of aromatic nitrogens is 2. The molecule has 5 nitrogen and oxygen atoms in total. The number of benzene rings is 3. The molecule has 2 heterocycles. The number of hydrogen-bond donors (Lipinski definition) is 1. The predicted molar refractivity (Wildman–Crippen MR) is 118 cm³/mol. The van der Waals surface area contributed by atoms with Crippen LogP contribution in [0, 0.1) is 0 Å². The summed E-state index contributed by atoms with van der Waals surface area (Å²) in [6, 6.07) is 24.9. The summed E-state index contributed by atoms with van der Waals surface area (Å²) in [4.78, 5) is 18.4. The van der Waals surface area contributed by atoms with E-state index < -0.39 is 0 Å². The van der Waals surface area contributed by atoms with E-state index in [0.29, 0.717) is 11.1 Å². The van der Waals surface area contributed by atoms with Crippen molar-refractivity contribution in [3.8, 4) is 5.75 Å². The minimum absolute atomic E-state index is 0.00292. The van der Waals surface area contributed by atoms with Crippen molar-refractivity contribution in [3.63, 3.8) is 0 Å². The van der Waals surface area contributed by atoms with E-state index in [1.165, 1.54) is 0 Å². The number of ketones is 1. The van der Waals surface area contributed by atoms with E-state index in [2.05, 4.69) is 9.88 Å². The fourth-order valence-electron chi connectivity index (χ4n) is 4.13. The predicted octanol–water partition coefficient (Wildman–Crippen LogP) is 5.22. The number of rotatable bonds is 4. The monoisotopic (exact) mass is 395 g/mol. The van der Waals surface area contributed by atoms with Crippen molar-refractivity contribution < 1.29 is 9.53 Å². The van der Waals surface area contributed by atoms with Crippen LogP contribution in [0.4, 0.5) is 5.95 Å². The highest BCUT2D eigenvalue weighted by Crippen LogP contribution is 2.40. The molecule has 1 aliphatic heterocycles. The maximum atomic E-state index is 13.7. The highest BCUT2D eigenvalue weighted by molar-refractivity contribution is 6.11. The lowest BCUT2D eigenvalue weighted by atomic mass is 9.89. The molecule has 0 radical (unpaired) electrons. The third kappa shape index (κ3) is 2.87. The highest BCUT2D eigenvalue weighted by Gasteiger charge is 2.34. The topological polar surface area (TPSA) is 56.1 Å². The number of nitrogens with zero attached hydrogens (tertiary/aromatic N) is 2. The zero-order valence-electron chi connectivity index (χ0n) is 16.8. The highest BCUT2D eigenvalue weighted by atomic mass is 16.5. The van der Waals surface area contributed by atoms with Gasteiger partial charge in [0.05, 0.1) is 24.2 Å². The first-order valence-corrected chi connectivity index (χ1v) is 9.86. The molecule has 0 saturated carbocycles. The zero-order chi connectivity index (χ0) is 20.7. The molecule has 1 N–H and O–H groups in total. The number of nitrogens with one attached hydrogen (secondary N) is 1. The maximum absolute atomic E-state index is 13.7. The summed E-state index contributed by atoms with van der Waals surface area (Å²) in [6.07, 6.45) is 0. The molecule has 5 heteroatoms. The average Bonchev–Trinajstić information content (AvgIpc) is 3.16. The van der Waals surface area contributed by atoms with Crippen molar-refractivity contribution in [2.45, 2.75) is 13.0 Å². The number of allylic oxidation sites excluding steroid dienone is 2. The Labute approximate surface area is 174 Å². The zero-order valence-corrected chi connectivity index (χ0v) is 16.8. The van der Waals surface area contributed by atoms with Gasteiger partial charge in [-0.15, -0.1) is 0 Å². The van der Waals surface area contributed by atoms with Crippen molar-refractivity contribution in [2.75, 3.05) is 12.4 Å². The minimum atomic E-state index is -0.323. The van der Waals surface area contributed by atoms with Crippen LogP contribution in [-0.2, 0) is 0 Å². The molecule has 0 unspecified atom stereocenters. The number of imidazole rings is 1. The third-order valence-electron chi connectivity index (χ3n) is 5.52. The average molecular weight is 395 g/mol. The molecule has 0 saturated heterocycles. The molecule has 5 rings (SSSR count). The largest absolute Gasteiger partial charge is 0.497 e. The number of carbonyl (C=O) groups is 1. The number of fused-ring (bicyclic) bond motifs is 3. The molecule has 148 valence electrons. The molecule has 1 aliphatic rings. The standard InChI is InChI=1S/C25H21N3O2/c1-16-22(24(29)17-9-4-3-5-10-17)23(18-11-8-12-19(15-18)30-2)28-21-14-7-6-13-20(21)27-25(28)26-16/h3-15,23H,1-2H3,(H,26,27)/t23-/m1/s1. The van der Waals surface area contributed by atoms with Crippen molar-refractivity contribution in [2.24, 2.45) is 0 Å². The van der Waals surface area contributed by atoms with Crippen molar-refractivity contribution >= 4 is 22.8 Å². The Hall–Kier alpha value is -3.86. The van der Waals surface area contributed by atoms with E-state index in [1.54, 1.807) is 7.11 Å². The van der Waals surface area contributed by atoms with Crippen LogP contribution in [0.1, 0.15) is 28.9 Å². The van der Waals surface area contributed by atoms with Gasteiger partial charge in [-0.05, 0) is 36.8 Å². The molecule has 0 aliphatic carbocycles. The molecule has 0 fully saturated rings. The molecule has 1 atom stereocenters. The van der Waals surface area contributed by atoms with Gasteiger partial charge < -0.3 is 10.1 Å². The summed E-state index contributed by atoms with van der Waals surface area (Å²) in [5, 5.41) is 3.36. The van der Waals surface area contributed by atoms with Crippen LogP contribution >= 0.6 is 0 Å². The summed E-state index contributed by atoms with van der Waals surface area (Å²) in [6.45, 7) is 1.94. The van der Waals surface area contributed by atoms with E-state index >= 15 is 0 Å². The summed E-state index contributed by atoms with van der Waals surface area (Å²) in [5.74, 6) is 1.48. The Balaban J connectivity index is 1.77. The fraction of sp³-hybridized carbons (Fsp3) is 0.120. The van der Waals surface area contributed by atoms with Crippen LogP contribution in [-0.4, -0.2) is 22.4 Å². The molecule has 1 aromatic heterocycles. The first-order chi connectivity index (χ1) is 14.7. The number of ether oxygens (including phenoxy) is 1. The van der Waals surface area contributed by atoms with Gasteiger partial charge in [-0.3, -0.25) is 9.36 Å². The van der Waals surface area contributed by atoms with Gasteiger partial charge in [0.15, 0.2) is 5.78 Å². The first-order valence-electron chi connectivity index (χ1n) is 9.86. The Bertz CT molecular complexity index is 1290. The molecule has 3 aromatic carbocycles. The molecule has 0 amide bonds. The third-order valence-corrected chi connectivity index (χ3v) is 5.52. The van der Waals surface area contributed by atoms with Gasteiger partial charge in [0.25, 0.3) is 0 Å². The molecule has 0 spiro atoms. The number of methoxy groups -OCH3 is 1. The van der Waals surface area contributed by atoms with E-state index in [-0.39, 0.29) is 11.8 Å². The number of anilines is 1. The molecule has 30 heavy (non-hydrogen) atoms. The van der Waals surface area contributed by atoms with Gasteiger partial charge in [-0.1, -0.05) is 54.6 Å². The second kappa shape index (κ2) is 7.19. The fourth-order valence-corrected chi connectivity index (χ4v) is 4.13. The SMILES string of the molecule is COc1cccc([C@@H]2C(C(=O)c3ccccc3)=C(C)Nc3nc4ccccc4n32)c1. The first kappa shape index (κ1) is 18.2. The lowest BCUT2D eigenvalue weighted by Crippen LogP contribution is -2.28. The van der Waals surface area contributed by atoms with Crippen molar-refractivity contribution in [1.82, 2.24) is 9.55 Å². The minimum Gasteiger partial charge on any atom is -0.497 e. The molecular formula is C25H21N3O2. The normalized spacial score (nSPS) is 15.6. The number of para-hydroxylation sites is 2. The van der Waals surface area contributed by atoms with E-state index in [4.69, 9.17) is 9.72 Å².